The summed E-state index contributed by atoms with van der Waals surface area (Å²) in [6.07, 6.45) is 1.65. The van der Waals surface area contributed by atoms with E-state index >= 15 is 0 Å². The molecule has 4 nitrogen and oxygen atoms in total. The van der Waals surface area contributed by atoms with Gasteiger partial charge in [0, 0.05) is 25.3 Å². The number of rotatable bonds is 1. The molecule has 1 fully saturated rings. The number of halogens is 3. The van der Waals surface area contributed by atoms with Crippen LogP contribution in [0.2, 0.25) is 5.28 Å². The zero-order valence-electron chi connectivity index (χ0n) is 7.26. The second kappa shape index (κ2) is 5.56. The van der Waals surface area contributed by atoms with Crippen LogP contribution in [0.15, 0.2) is 12.3 Å². The molecule has 0 amide bonds. The summed E-state index contributed by atoms with van der Waals surface area (Å²) in [5.41, 5.74) is 5.63. The van der Waals surface area contributed by atoms with Gasteiger partial charge >= 0.3 is 0 Å². The highest BCUT2D eigenvalue weighted by Gasteiger charge is 2.24. The van der Waals surface area contributed by atoms with Crippen LogP contribution in [-0.4, -0.2) is 29.1 Å². The van der Waals surface area contributed by atoms with Gasteiger partial charge in [-0.3, -0.25) is 0 Å². The molecule has 14 heavy (non-hydrogen) atoms. The lowest BCUT2D eigenvalue weighted by Gasteiger charge is -2.37. The second-order valence-corrected chi connectivity index (χ2v) is 3.19. The molecule has 0 radical (unpaired) electrons. The summed E-state index contributed by atoms with van der Waals surface area (Å²) in [6, 6.07) is 2.11. The van der Waals surface area contributed by atoms with Gasteiger partial charge in [-0.05, 0) is 17.7 Å². The Hall–Kier alpha value is -0.290. The molecule has 0 saturated carbocycles. The highest BCUT2D eigenvalue weighted by Crippen LogP contribution is 2.17. The molecule has 7 heteroatoms. The Balaban J connectivity index is 0.000000845. The zero-order chi connectivity index (χ0) is 8.55. The summed E-state index contributed by atoms with van der Waals surface area (Å²) >= 11 is 5.63. The maximum absolute atomic E-state index is 5.63. The van der Waals surface area contributed by atoms with Crippen molar-refractivity contribution in [1.29, 1.82) is 0 Å². The van der Waals surface area contributed by atoms with Crippen molar-refractivity contribution in [2.24, 2.45) is 5.73 Å². The fraction of sp³-hybridized carbons (Fsp3) is 0.429. The lowest BCUT2D eigenvalue weighted by molar-refractivity contribution is 0.514. The third-order valence-corrected chi connectivity index (χ3v) is 2.03. The first-order valence-corrected chi connectivity index (χ1v) is 4.12. The number of anilines is 1. The molecule has 0 bridgehead atoms. The number of hydrogen-bond acceptors (Lipinski definition) is 4. The average Bonchev–Trinajstić information content (AvgIpc) is 1.99. The zero-order valence-corrected chi connectivity index (χ0v) is 9.65. The van der Waals surface area contributed by atoms with Gasteiger partial charge in [0.1, 0.15) is 5.82 Å². The van der Waals surface area contributed by atoms with Crippen LogP contribution in [0.3, 0.4) is 0 Å². The van der Waals surface area contributed by atoms with Gasteiger partial charge in [-0.2, -0.15) is 0 Å². The van der Waals surface area contributed by atoms with E-state index in [1.807, 2.05) is 6.07 Å². The molecular formula is C7H11Cl3N4. The molecule has 1 aliphatic rings. The van der Waals surface area contributed by atoms with E-state index in [-0.39, 0.29) is 36.1 Å². The predicted octanol–water partition coefficient (Wildman–Crippen LogP) is 1.12. The second-order valence-electron chi connectivity index (χ2n) is 2.85. The van der Waals surface area contributed by atoms with Crippen molar-refractivity contribution >= 4 is 42.2 Å². The van der Waals surface area contributed by atoms with Gasteiger partial charge in [0.15, 0.2) is 0 Å². The van der Waals surface area contributed by atoms with Gasteiger partial charge in [-0.1, -0.05) is 0 Å². The standard InChI is InChI=1S/C7H9ClN4.2ClH/c8-7-10-2-1-6(11-7)12-3-5(9)4-12;;/h1-2,5H,3-4,9H2;2*1H. The molecule has 0 unspecified atom stereocenters. The van der Waals surface area contributed by atoms with Crippen molar-refractivity contribution in [2.75, 3.05) is 18.0 Å². The highest BCUT2D eigenvalue weighted by molar-refractivity contribution is 6.28. The van der Waals surface area contributed by atoms with E-state index in [1.54, 1.807) is 6.20 Å². The van der Waals surface area contributed by atoms with Crippen LogP contribution in [0.1, 0.15) is 0 Å². The first kappa shape index (κ1) is 13.7. The third kappa shape index (κ3) is 2.85. The van der Waals surface area contributed by atoms with Crippen molar-refractivity contribution in [2.45, 2.75) is 6.04 Å². The predicted molar refractivity (Wildman–Crippen MR) is 61.7 cm³/mol. The summed E-state index contributed by atoms with van der Waals surface area (Å²) in [5, 5.41) is 0.285. The van der Waals surface area contributed by atoms with Gasteiger partial charge in [0.25, 0.3) is 0 Å². The number of nitrogens with two attached hydrogens (primary N) is 1. The largest absolute Gasteiger partial charge is 0.353 e. The summed E-state index contributed by atoms with van der Waals surface area (Å²) < 4.78 is 0. The van der Waals surface area contributed by atoms with E-state index in [2.05, 4.69) is 14.9 Å². The Labute approximate surface area is 99.7 Å². The lowest BCUT2D eigenvalue weighted by atomic mass is 10.1. The molecular weight excluding hydrogens is 246 g/mol. The summed E-state index contributed by atoms with van der Waals surface area (Å²) in [5.74, 6) is 0.858. The van der Waals surface area contributed by atoms with Crippen molar-refractivity contribution in [3.05, 3.63) is 17.5 Å². The molecule has 2 N–H and O–H groups in total. The molecule has 2 rings (SSSR count). The molecule has 0 aliphatic carbocycles. The Morgan fingerprint density at radius 3 is 2.57 bits per heavy atom. The molecule has 1 aromatic heterocycles. The maximum atomic E-state index is 5.63. The molecule has 0 aromatic carbocycles. The van der Waals surface area contributed by atoms with Crippen LogP contribution >= 0.6 is 36.4 Å². The van der Waals surface area contributed by atoms with Crippen LogP contribution in [0.5, 0.6) is 0 Å². The van der Waals surface area contributed by atoms with E-state index in [0.717, 1.165) is 18.9 Å². The van der Waals surface area contributed by atoms with Gasteiger partial charge < -0.3 is 10.6 Å². The molecule has 0 atom stereocenters. The van der Waals surface area contributed by atoms with Crippen LogP contribution in [-0.2, 0) is 0 Å². The van der Waals surface area contributed by atoms with Crippen molar-refractivity contribution < 1.29 is 0 Å². The van der Waals surface area contributed by atoms with Crippen molar-refractivity contribution in [1.82, 2.24) is 9.97 Å². The fourth-order valence-corrected chi connectivity index (χ4v) is 1.34. The molecule has 1 aromatic rings. The van der Waals surface area contributed by atoms with E-state index in [1.165, 1.54) is 0 Å². The number of hydrogen-bond donors (Lipinski definition) is 1. The van der Waals surface area contributed by atoms with Gasteiger partial charge in [0.05, 0.1) is 0 Å². The normalized spacial score (nSPS) is 15.1. The van der Waals surface area contributed by atoms with E-state index in [0.29, 0.717) is 0 Å². The molecule has 2 heterocycles. The van der Waals surface area contributed by atoms with Crippen molar-refractivity contribution in [3.63, 3.8) is 0 Å². The van der Waals surface area contributed by atoms with Gasteiger partial charge in [-0.15, -0.1) is 24.8 Å². The van der Waals surface area contributed by atoms with E-state index < -0.39 is 0 Å². The molecule has 0 spiro atoms. The van der Waals surface area contributed by atoms with Crippen molar-refractivity contribution in [3.8, 4) is 0 Å². The monoisotopic (exact) mass is 256 g/mol. The third-order valence-electron chi connectivity index (χ3n) is 1.85. The topological polar surface area (TPSA) is 55.0 Å². The molecule has 1 aliphatic heterocycles. The Kier molecular flexibility index (Phi) is 5.44. The van der Waals surface area contributed by atoms with E-state index in [9.17, 15) is 0 Å². The maximum Gasteiger partial charge on any atom is 0.224 e. The summed E-state index contributed by atoms with van der Waals surface area (Å²) in [4.78, 5) is 9.92. The molecule has 1 saturated heterocycles. The van der Waals surface area contributed by atoms with Crippen LogP contribution in [0.4, 0.5) is 5.82 Å². The fourth-order valence-electron chi connectivity index (χ4n) is 1.20. The first-order valence-electron chi connectivity index (χ1n) is 3.75. The number of aromatic nitrogens is 2. The van der Waals surface area contributed by atoms with Gasteiger partial charge in [0.2, 0.25) is 5.28 Å². The smallest absolute Gasteiger partial charge is 0.224 e. The summed E-state index contributed by atoms with van der Waals surface area (Å²) in [7, 11) is 0. The van der Waals surface area contributed by atoms with Crippen LogP contribution < -0.4 is 10.6 Å². The van der Waals surface area contributed by atoms with Gasteiger partial charge in [-0.25, -0.2) is 9.97 Å². The summed E-state index contributed by atoms with van der Waals surface area (Å²) in [6.45, 7) is 1.71. The lowest BCUT2D eigenvalue weighted by Crippen LogP contribution is -2.56. The van der Waals surface area contributed by atoms with Crippen LogP contribution in [0.25, 0.3) is 0 Å². The Morgan fingerprint density at radius 2 is 2.07 bits per heavy atom. The van der Waals surface area contributed by atoms with Crippen LogP contribution in [0, 0.1) is 0 Å². The quantitative estimate of drug-likeness (QED) is 0.766. The minimum absolute atomic E-state index is 0. The highest BCUT2D eigenvalue weighted by atomic mass is 35.5. The Bertz CT molecular complexity index is 290. The minimum Gasteiger partial charge on any atom is -0.353 e. The molecule has 80 valence electrons. The first-order chi connectivity index (χ1) is 5.75. The Morgan fingerprint density at radius 1 is 1.43 bits per heavy atom. The number of nitrogens with zero attached hydrogens (tertiary/aromatic N) is 3. The minimum atomic E-state index is 0. The average molecular weight is 258 g/mol. The SMILES string of the molecule is Cl.Cl.NC1CN(c2ccnc(Cl)n2)C1. The van der Waals surface area contributed by atoms with E-state index in [4.69, 9.17) is 17.3 Å².